The van der Waals surface area contributed by atoms with E-state index in [-0.39, 0.29) is 62.7 Å². The second-order valence-corrected chi connectivity index (χ2v) is 14.5. The number of halogens is 3. The van der Waals surface area contributed by atoms with Gasteiger partial charge in [0.2, 0.25) is 22.1 Å². The molecule has 1 saturated carbocycles. The number of hydrogen-bond donors (Lipinski definition) is 2. The Morgan fingerprint density at radius 3 is 1.68 bits per heavy atom. The van der Waals surface area contributed by atoms with Crippen LogP contribution in [-0.4, -0.2) is 79.9 Å². The number of carbonyl (C=O) groups is 2. The number of alkyl halides is 3. The number of carbonyl (C=O) groups excluding carboxylic acids is 2. The maximum Gasteiger partial charge on any atom is 0.282 e. The van der Waals surface area contributed by atoms with Gasteiger partial charge in [0.1, 0.15) is 27.3 Å². The Morgan fingerprint density at radius 2 is 1.23 bits per heavy atom. The molecule has 0 radical (unpaired) electrons. The van der Waals surface area contributed by atoms with Crippen molar-refractivity contribution in [3.05, 3.63) is 57.8 Å². The van der Waals surface area contributed by atoms with Gasteiger partial charge in [-0.3, -0.25) is 9.59 Å². The molecule has 2 atom stereocenters. The molecule has 1 aliphatic carbocycles. The highest BCUT2D eigenvalue weighted by molar-refractivity contribution is 7.15. The molecule has 246 valence electrons. The quantitative estimate of drug-likeness (QED) is 0.244. The second kappa shape index (κ2) is 12.4. The molecule has 7 rings (SSSR count). The molecule has 47 heavy (non-hydrogen) atoms. The van der Waals surface area contributed by atoms with Crippen LogP contribution < -0.4 is 20.4 Å². The molecular weight excluding hydrogens is 654 g/mol. The summed E-state index contributed by atoms with van der Waals surface area (Å²) in [5, 5.41) is 25.0. The van der Waals surface area contributed by atoms with Crippen molar-refractivity contribution < 1.29 is 22.8 Å². The van der Waals surface area contributed by atoms with Gasteiger partial charge in [0, 0.05) is 11.8 Å². The molecule has 6 heterocycles. The molecule has 0 unspecified atom stereocenters. The van der Waals surface area contributed by atoms with Crippen molar-refractivity contribution in [3.8, 4) is 0 Å². The summed E-state index contributed by atoms with van der Waals surface area (Å²) in [6, 6.07) is 10.4. The van der Waals surface area contributed by atoms with Crippen molar-refractivity contribution >= 4 is 56.4 Å². The summed E-state index contributed by atoms with van der Waals surface area (Å²) < 4.78 is 40.3. The molecule has 0 spiro atoms. The third kappa shape index (κ3) is 7.35. The van der Waals surface area contributed by atoms with Crippen LogP contribution in [0.25, 0.3) is 0 Å². The Hall–Kier alpha value is -4.25. The van der Waals surface area contributed by atoms with Crippen LogP contribution in [0.1, 0.15) is 59.4 Å². The highest BCUT2D eigenvalue weighted by Gasteiger charge is 2.44. The molecule has 4 aromatic rings. The maximum atomic E-state index is 13.9. The number of hydrogen-bond acceptors (Lipinski definition) is 12. The number of aromatic nitrogens is 6. The SMILES string of the molecule is CC1(F)CN(c2cccc(CC(=O)Nc3nnc([C@H]4CC[C@H](c5nnc(NC(=O)Cc6cccc(N7CC(F)(F)C7)n6)s5)C4)s3)n2)C1. The largest absolute Gasteiger partial charge is 0.350 e. The lowest BCUT2D eigenvalue weighted by Gasteiger charge is -2.43. The topological polar surface area (TPSA) is 142 Å². The van der Waals surface area contributed by atoms with Gasteiger partial charge in [0.15, 0.2) is 0 Å². The Balaban J connectivity index is 0.882. The minimum Gasteiger partial charge on any atom is -0.350 e. The third-order valence-electron chi connectivity index (χ3n) is 8.31. The predicted octanol–water partition coefficient (Wildman–Crippen LogP) is 4.60. The van der Waals surface area contributed by atoms with E-state index >= 15 is 0 Å². The Labute approximate surface area is 275 Å². The van der Waals surface area contributed by atoms with E-state index < -0.39 is 11.6 Å². The summed E-state index contributed by atoms with van der Waals surface area (Å²) in [5.41, 5.74) is -0.144. The molecular formula is C30H31F3N10O2S2. The average molecular weight is 685 g/mol. The first-order chi connectivity index (χ1) is 22.5. The average Bonchev–Trinajstić information content (AvgIpc) is 3.76. The van der Waals surface area contributed by atoms with E-state index in [1.165, 1.54) is 27.6 Å². The monoisotopic (exact) mass is 684 g/mol. The van der Waals surface area contributed by atoms with Crippen molar-refractivity contribution in [2.45, 2.75) is 62.5 Å². The molecule has 3 aliphatic rings. The second-order valence-electron chi connectivity index (χ2n) is 12.5. The lowest BCUT2D eigenvalue weighted by molar-refractivity contribution is -0.116. The number of rotatable bonds is 10. The molecule has 0 aromatic carbocycles. The molecule has 2 saturated heterocycles. The Kier molecular flexibility index (Phi) is 8.28. The summed E-state index contributed by atoms with van der Waals surface area (Å²) in [7, 11) is 0. The predicted molar refractivity (Wildman–Crippen MR) is 171 cm³/mol. The van der Waals surface area contributed by atoms with Crippen molar-refractivity contribution in [2.24, 2.45) is 0 Å². The number of nitrogens with one attached hydrogen (secondary N) is 2. The van der Waals surface area contributed by atoms with Crippen LogP contribution in [0.5, 0.6) is 0 Å². The summed E-state index contributed by atoms with van der Waals surface area (Å²) in [6.45, 7) is 1.37. The van der Waals surface area contributed by atoms with Crippen LogP contribution in [0.3, 0.4) is 0 Å². The fourth-order valence-corrected chi connectivity index (χ4v) is 7.87. The van der Waals surface area contributed by atoms with Crippen molar-refractivity contribution in [2.75, 3.05) is 46.6 Å². The van der Waals surface area contributed by atoms with E-state index in [0.717, 1.165) is 29.3 Å². The molecule has 3 fully saturated rings. The van der Waals surface area contributed by atoms with Gasteiger partial charge in [-0.15, -0.1) is 20.4 Å². The molecule has 12 nitrogen and oxygen atoms in total. The first-order valence-corrected chi connectivity index (χ1v) is 16.9. The Bertz CT molecular complexity index is 1660. The number of amides is 2. The van der Waals surface area contributed by atoms with E-state index in [1.807, 2.05) is 17.0 Å². The highest BCUT2D eigenvalue weighted by atomic mass is 32.1. The van der Waals surface area contributed by atoms with Gasteiger partial charge in [0.25, 0.3) is 5.92 Å². The molecule has 17 heteroatoms. The zero-order valence-corrected chi connectivity index (χ0v) is 27.0. The maximum absolute atomic E-state index is 13.9. The minimum absolute atomic E-state index is 0.0180. The van der Waals surface area contributed by atoms with Gasteiger partial charge in [-0.05, 0) is 50.5 Å². The molecule has 2 aliphatic heterocycles. The van der Waals surface area contributed by atoms with E-state index in [1.54, 1.807) is 31.2 Å². The van der Waals surface area contributed by atoms with Crippen molar-refractivity contribution in [1.82, 2.24) is 30.4 Å². The summed E-state index contributed by atoms with van der Waals surface area (Å²) in [6.07, 6.45) is 2.60. The van der Waals surface area contributed by atoms with Crippen LogP contribution >= 0.6 is 22.7 Å². The molecule has 4 aromatic heterocycles. The molecule has 2 N–H and O–H groups in total. The summed E-state index contributed by atoms with van der Waals surface area (Å²) in [5.74, 6) is -1.88. The van der Waals surface area contributed by atoms with Gasteiger partial charge in [-0.2, -0.15) is 0 Å². The van der Waals surface area contributed by atoms with Gasteiger partial charge in [-0.1, -0.05) is 34.8 Å². The standard InChI is InChI=1S/C30H31F3N10O2S2/c1-29(31)13-42(14-29)21-6-2-4-19(34-21)11-23(44)36-27-40-38-25(46-27)17-8-9-18(10-17)26-39-41-28(47-26)37-24(45)12-20-5-3-7-22(35-20)43-15-30(32,33)16-43/h2-7,17-18H,8-16H2,1H3,(H,36,40,44)(H,37,41,45)/t17-,18-/m0/s1. The fourth-order valence-electron chi connectivity index (χ4n) is 6.05. The fraction of sp³-hybridized carbons (Fsp3) is 0.467. The van der Waals surface area contributed by atoms with E-state index in [4.69, 9.17) is 0 Å². The van der Waals surface area contributed by atoms with Gasteiger partial charge in [-0.25, -0.2) is 23.1 Å². The summed E-state index contributed by atoms with van der Waals surface area (Å²) in [4.78, 5) is 37.6. The van der Waals surface area contributed by atoms with Crippen molar-refractivity contribution in [1.29, 1.82) is 0 Å². The van der Waals surface area contributed by atoms with Gasteiger partial charge in [0.05, 0.1) is 50.4 Å². The van der Waals surface area contributed by atoms with Crippen LogP contribution in [0.15, 0.2) is 36.4 Å². The van der Waals surface area contributed by atoms with Gasteiger partial charge < -0.3 is 20.4 Å². The van der Waals surface area contributed by atoms with Crippen LogP contribution in [0, 0.1) is 0 Å². The lowest BCUT2D eigenvalue weighted by Crippen LogP contribution is -2.57. The summed E-state index contributed by atoms with van der Waals surface area (Å²) >= 11 is 2.67. The van der Waals surface area contributed by atoms with Crippen LogP contribution in [0.2, 0.25) is 0 Å². The van der Waals surface area contributed by atoms with Gasteiger partial charge >= 0.3 is 0 Å². The molecule has 0 bridgehead atoms. The first-order valence-electron chi connectivity index (χ1n) is 15.2. The first kappa shape index (κ1) is 31.4. The van der Waals surface area contributed by atoms with Crippen LogP contribution in [0.4, 0.5) is 35.1 Å². The van der Waals surface area contributed by atoms with Crippen LogP contribution in [-0.2, 0) is 22.4 Å². The zero-order valence-electron chi connectivity index (χ0n) is 25.3. The highest BCUT2D eigenvalue weighted by Crippen LogP contribution is 2.45. The molecule has 2 amide bonds. The van der Waals surface area contributed by atoms with E-state index in [9.17, 15) is 22.8 Å². The number of anilines is 4. The van der Waals surface area contributed by atoms with Crippen molar-refractivity contribution in [3.63, 3.8) is 0 Å². The van der Waals surface area contributed by atoms with E-state index in [0.29, 0.717) is 33.3 Å². The smallest absolute Gasteiger partial charge is 0.282 e. The minimum atomic E-state index is -2.70. The van der Waals surface area contributed by atoms with E-state index in [2.05, 4.69) is 41.0 Å². The zero-order chi connectivity index (χ0) is 32.8. The third-order valence-corrected chi connectivity index (χ3v) is 10.3. The Morgan fingerprint density at radius 1 is 0.766 bits per heavy atom. The normalized spacial score (nSPS) is 21.2. The lowest BCUT2D eigenvalue weighted by atomic mass is 9.99. The number of nitrogens with zero attached hydrogens (tertiary/aromatic N) is 8. The number of pyridine rings is 2.